The third kappa shape index (κ3) is 14.1. The third-order valence-corrected chi connectivity index (χ3v) is 4.62. The second kappa shape index (κ2) is 15.0. The molecule has 0 aliphatic carbocycles. The molecule has 0 amide bonds. The molecule has 0 radical (unpaired) electrons. The van der Waals surface area contributed by atoms with Crippen LogP contribution in [0, 0.1) is 0 Å². The second-order valence-corrected chi connectivity index (χ2v) is 7.00. The average Bonchev–Trinajstić information content (AvgIpc) is 3.09. The van der Waals surface area contributed by atoms with Gasteiger partial charge in [0.1, 0.15) is 0 Å². The first kappa shape index (κ1) is 24.9. The van der Waals surface area contributed by atoms with E-state index < -0.39 is 12.1 Å². The van der Waals surface area contributed by atoms with Crippen LogP contribution in [0.25, 0.3) is 0 Å². The van der Waals surface area contributed by atoms with E-state index in [1.807, 2.05) is 11.3 Å². The van der Waals surface area contributed by atoms with Gasteiger partial charge in [0, 0.05) is 11.5 Å². The molecule has 8 heteroatoms. The Morgan fingerprint density at radius 3 is 2.15 bits per heavy atom. The molecule has 2 N–H and O–H groups in total. The molecule has 1 heterocycles. The van der Waals surface area contributed by atoms with Gasteiger partial charge in [0.2, 0.25) is 0 Å². The van der Waals surface area contributed by atoms with E-state index in [9.17, 15) is 13.2 Å². The highest BCUT2D eigenvalue weighted by Crippen LogP contribution is 2.13. The molecule has 0 saturated heterocycles. The summed E-state index contributed by atoms with van der Waals surface area (Å²) in [7, 11) is 0. The fraction of sp³-hybridized carbons (Fsp3) is 0.722. The Hall–Kier alpha value is -1.12. The number of unbranched alkanes of at least 4 members (excludes halogenated alkanes) is 3. The van der Waals surface area contributed by atoms with Crippen LogP contribution in [0.4, 0.5) is 13.2 Å². The average molecular weight is 398 g/mol. The van der Waals surface area contributed by atoms with Crippen molar-refractivity contribution in [2.75, 3.05) is 26.2 Å². The number of carboxylic acids is 1. The maximum absolute atomic E-state index is 10.6. The maximum atomic E-state index is 10.6. The predicted molar refractivity (Wildman–Crippen MR) is 98.6 cm³/mol. The van der Waals surface area contributed by atoms with Gasteiger partial charge in [-0.3, -0.25) is 0 Å². The number of aliphatic carboxylic acids is 1. The van der Waals surface area contributed by atoms with Gasteiger partial charge in [-0.25, -0.2) is 4.79 Å². The molecular formula is C18H30F3NO3S. The van der Waals surface area contributed by atoms with Crippen molar-refractivity contribution >= 4 is 17.3 Å². The molecule has 0 aromatic carbocycles. The first-order valence-electron chi connectivity index (χ1n) is 8.97. The number of hydrogen-bond acceptors (Lipinski definition) is 4. The van der Waals surface area contributed by atoms with Gasteiger partial charge in [-0.15, -0.1) is 11.3 Å². The molecule has 0 fully saturated rings. The van der Waals surface area contributed by atoms with Crippen molar-refractivity contribution < 1.29 is 28.2 Å². The summed E-state index contributed by atoms with van der Waals surface area (Å²) in [6.07, 6.45) is 3.37. The summed E-state index contributed by atoms with van der Waals surface area (Å²) in [4.78, 5) is 13.0. The minimum atomic E-state index is -5.08. The van der Waals surface area contributed by atoms with E-state index in [1.54, 1.807) is 0 Å². The highest BCUT2D eigenvalue weighted by Gasteiger charge is 2.38. The van der Waals surface area contributed by atoms with Crippen LogP contribution < -0.4 is 0 Å². The van der Waals surface area contributed by atoms with Gasteiger partial charge in [-0.2, -0.15) is 13.2 Å². The summed E-state index contributed by atoms with van der Waals surface area (Å²) in [6.45, 7) is 6.18. The summed E-state index contributed by atoms with van der Waals surface area (Å²) < 4.78 is 31.7. The van der Waals surface area contributed by atoms with E-state index in [4.69, 9.17) is 15.0 Å². The van der Waals surface area contributed by atoms with Crippen molar-refractivity contribution in [1.29, 1.82) is 0 Å². The maximum Gasteiger partial charge on any atom is 0.490 e. The molecule has 0 spiro atoms. The third-order valence-electron chi connectivity index (χ3n) is 3.68. The lowest BCUT2D eigenvalue weighted by atomic mass is 10.2. The number of hydrogen-bond donors (Lipinski definition) is 2. The van der Waals surface area contributed by atoms with Crippen molar-refractivity contribution in [3.8, 4) is 0 Å². The fourth-order valence-corrected chi connectivity index (χ4v) is 3.01. The zero-order chi connectivity index (χ0) is 19.8. The van der Waals surface area contributed by atoms with Crippen LogP contribution in [-0.2, 0) is 11.2 Å². The Balaban J connectivity index is 0.000000758. The van der Waals surface area contributed by atoms with Crippen molar-refractivity contribution in [3.05, 3.63) is 22.4 Å². The van der Waals surface area contributed by atoms with Gasteiger partial charge >= 0.3 is 12.1 Å². The van der Waals surface area contributed by atoms with Crippen LogP contribution in [-0.4, -0.2) is 53.5 Å². The molecule has 0 bridgehead atoms. The number of alkyl halides is 3. The number of carbonyl (C=O) groups is 1. The van der Waals surface area contributed by atoms with Crippen molar-refractivity contribution in [3.63, 3.8) is 0 Å². The number of rotatable bonds is 12. The lowest BCUT2D eigenvalue weighted by Gasteiger charge is -2.21. The standard InChI is InChI=1S/C16H29NOS.C2HF3O2/c1-2-3-11-17(13-6-7-14-18)12-5-4-9-16-10-8-15-19-16;3-2(4,5)1(6)7/h8,10,15,18H,2-7,9,11-14H2,1H3;(H,6,7). The Morgan fingerprint density at radius 1 is 1.12 bits per heavy atom. The van der Waals surface area contributed by atoms with Crippen LogP contribution >= 0.6 is 11.3 Å². The number of nitrogens with zero attached hydrogens (tertiary/aromatic N) is 1. The Labute approximate surface area is 157 Å². The normalized spacial score (nSPS) is 11.3. The number of carboxylic acid groups (broad SMARTS) is 1. The molecule has 1 rings (SSSR count). The van der Waals surface area contributed by atoms with Crippen molar-refractivity contribution in [2.45, 2.75) is 58.0 Å². The second-order valence-electron chi connectivity index (χ2n) is 5.97. The lowest BCUT2D eigenvalue weighted by Crippen LogP contribution is -2.27. The molecule has 152 valence electrons. The van der Waals surface area contributed by atoms with Gasteiger partial charge < -0.3 is 15.1 Å². The highest BCUT2D eigenvalue weighted by molar-refractivity contribution is 7.09. The Kier molecular flexibility index (Phi) is 14.3. The minimum Gasteiger partial charge on any atom is -0.475 e. The van der Waals surface area contributed by atoms with Crippen LogP contribution in [0.5, 0.6) is 0 Å². The van der Waals surface area contributed by atoms with Crippen molar-refractivity contribution in [2.24, 2.45) is 0 Å². The molecule has 26 heavy (non-hydrogen) atoms. The Morgan fingerprint density at radius 2 is 1.69 bits per heavy atom. The van der Waals surface area contributed by atoms with Crippen LogP contribution in [0.1, 0.15) is 50.3 Å². The highest BCUT2D eigenvalue weighted by atomic mass is 32.1. The van der Waals surface area contributed by atoms with E-state index in [0.29, 0.717) is 6.61 Å². The lowest BCUT2D eigenvalue weighted by molar-refractivity contribution is -0.192. The van der Waals surface area contributed by atoms with Gasteiger partial charge in [0.25, 0.3) is 0 Å². The zero-order valence-electron chi connectivity index (χ0n) is 15.3. The number of halogens is 3. The van der Waals surface area contributed by atoms with Crippen molar-refractivity contribution in [1.82, 2.24) is 4.90 Å². The SMILES string of the molecule is CCCCN(CCCCO)CCCCc1cccs1.O=C(O)C(F)(F)F. The van der Waals surface area contributed by atoms with E-state index in [2.05, 4.69) is 29.3 Å². The molecule has 4 nitrogen and oxygen atoms in total. The Bertz CT molecular complexity index is 453. The molecule has 0 atom stereocenters. The zero-order valence-corrected chi connectivity index (χ0v) is 16.1. The molecule has 0 aliphatic rings. The predicted octanol–water partition coefficient (Wildman–Crippen LogP) is 4.58. The van der Waals surface area contributed by atoms with Crippen LogP contribution in [0.3, 0.4) is 0 Å². The van der Waals surface area contributed by atoms with E-state index >= 15 is 0 Å². The van der Waals surface area contributed by atoms with Gasteiger partial charge in [-0.1, -0.05) is 19.4 Å². The summed E-state index contributed by atoms with van der Waals surface area (Å²) in [5.41, 5.74) is 0. The number of aryl methyl sites for hydroxylation is 1. The van der Waals surface area contributed by atoms with E-state index in [0.717, 1.165) is 19.4 Å². The topological polar surface area (TPSA) is 60.8 Å². The summed E-state index contributed by atoms with van der Waals surface area (Å²) in [6, 6.07) is 4.38. The molecular weight excluding hydrogens is 367 g/mol. The van der Waals surface area contributed by atoms with Gasteiger partial charge in [0.05, 0.1) is 0 Å². The minimum absolute atomic E-state index is 0.333. The number of aliphatic hydroxyl groups is 1. The summed E-state index contributed by atoms with van der Waals surface area (Å²) in [5, 5.41) is 18.1. The quantitative estimate of drug-likeness (QED) is 0.507. The molecule has 0 aliphatic heterocycles. The smallest absolute Gasteiger partial charge is 0.475 e. The van der Waals surface area contributed by atoms with Crippen LogP contribution in [0.2, 0.25) is 0 Å². The summed E-state index contributed by atoms with van der Waals surface area (Å²) in [5.74, 6) is -2.76. The van der Waals surface area contributed by atoms with Crippen LogP contribution in [0.15, 0.2) is 17.5 Å². The fourth-order valence-electron chi connectivity index (χ4n) is 2.25. The number of thiophene rings is 1. The monoisotopic (exact) mass is 397 g/mol. The van der Waals surface area contributed by atoms with E-state index in [-0.39, 0.29) is 0 Å². The molecule has 1 aromatic heterocycles. The molecule has 1 aromatic rings. The number of aliphatic hydroxyl groups excluding tert-OH is 1. The molecule has 0 saturated carbocycles. The first-order chi connectivity index (χ1) is 12.3. The summed E-state index contributed by atoms with van der Waals surface area (Å²) >= 11 is 1.87. The molecule has 0 unspecified atom stereocenters. The largest absolute Gasteiger partial charge is 0.490 e. The first-order valence-corrected chi connectivity index (χ1v) is 9.85. The van der Waals surface area contributed by atoms with E-state index in [1.165, 1.54) is 50.1 Å². The van der Waals surface area contributed by atoms with Gasteiger partial charge in [-0.05, 0) is 69.6 Å². The van der Waals surface area contributed by atoms with Gasteiger partial charge in [0.15, 0.2) is 0 Å².